The fourth-order valence-electron chi connectivity index (χ4n) is 1.89. The Morgan fingerprint density at radius 2 is 2.14 bits per heavy atom. The van der Waals surface area contributed by atoms with Crippen molar-refractivity contribution in [1.29, 1.82) is 0 Å². The molecule has 1 aromatic heterocycles. The third-order valence-corrected chi connectivity index (χ3v) is 3.97. The summed E-state index contributed by atoms with van der Waals surface area (Å²) in [5.74, 6) is 0.671. The maximum absolute atomic E-state index is 11.4. The van der Waals surface area contributed by atoms with Gasteiger partial charge < -0.3 is 10.5 Å². The van der Waals surface area contributed by atoms with Crippen LogP contribution < -0.4 is 21.6 Å². The van der Waals surface area contributed by atoms with Crippen LogP contribution in [0.15, 0.2) is 37.8 Å². The van der Waals surface area contributed by atoms with E-state index in [-0.39, 0.29) is 6.04 Å². The van der Waals surface area contributed by atoms with Crippen LogP contribution in [0.25, 0.3) is 0 Å². The van der Waals surface area contributed by atoms with Crippen LogP contribution in [0.3, 0.4) is 0 Å². The second kappa shape index (κ2) is 6.15. The minimum Gasteiger partial charge on any atom is -0.496 e. The number of nitrogens with one attached hydrogen (secondary N) is 1. The number of nitrogens with zero attached hydrogens (tertiary/aromatic N) is 2. The van der Waals surface area contributed by atoms with Gasteiger partial charge in [0.2, 0.25) is 0 Å². The summed E-state index contributed by atoms with van der Waals surface area (Å²) in [6.07, 6.45) is 0. The van der Waals surface area contributed by atoms with Crippen LogP contribution in [0.4, 0.5) is 0 Å². The van der Waals surface area contributed by atoms with Crippen LogP contribution in [0.2, 0.25) is 0 Å². The average molecular weight is 308 g/mol. The summed E-state index contributed by atoms with van der Waals surface area (Å²) in [6, 6.07) is 5.27. The number of H-pyrrole nitrogens is 1. The molecule has 3 N–H and O–H groups in total. The van der Waals surface area contributed by atoms with Gasteiger partial charge in [0, 0.05) is 23.5 Å². The van der Waals surface area contributed by atoms with Gasteiger partial charge in [-0.05, 0) is 30.8 Å². The Hall–Kier alpha value is -2.06. The summed E-state index contributed by atoms with van der Waals surface area (Å²) in [6.45, 7) is 1.85. The minimum absolute atomic E-state index is 0.247. The quantitative estimate of drug-likeness (QED) is 0.804. The van der Waals surface area contributed by atoms with E-state index in [1.54, 1.807) is 14.2 Å². The van der Waals surface area contributed by atoms with Crippen molar-refractivity contribution in [2.45, 2.75) is 23.0 Å². The van der Waals surface area contributed by atoms with Gasteiger partial charge in [0.05, 0.1) is 7.11 Å². The van der Waals surface area contributed by atoms with Crippen molar-refractivity contribution < 1.29 is 4.74 Å². The second-order valence-corrected chi connectivity index (χ2v) is 5.47. The van der Waals surface area contributed by atoms with E-state index in [4.69, 9.17) is 10.5 Å². The maximum atomic E-state index is 11.4. The number of nitrogens with two attached hydrogens (primary N) is 1. The summed E-state index contributed by atoms with van der Waals surface area (Å²) in [5, 5.41) is 2.78. The van der Waals surface area contributed by atoms with Gasteiger partial charge in [-0.25, -0.2) is 0 Å². The van der Waals surface area contributed by atoms with E-state index < -0.39 is 11.1 Å². The molecule has 0 saturated carbocycles. The van der Waals surface area contributed by atoms with Crippen molar-refractivity contribution in [2.24, 2.45) is 12.8 Å². The summed E-state index contributed by atoms with van der Waals surface area (Å²) in [7, 11) is 3.19. The number of ether oxygens (including phenoxy) is 1. The van der Waals surface area contributed by atoms with Gasteiger partial charge >= 0.3 is 11.1 Å². The molecule has 7 nitrogen and oxygen atoms in total. The standard InChI is InChI=1S/C13H16N4O3S/c1-7(14)10-8(20-3)5-4-6-9(10)21-13-15-11(18)12(19)16-17(13)2/h4-7H,14H2,1-3H3,(H,16,19). The molecule has 2 aromatic rings. The first-order valence-electron chi connectivity index (χ1n) is 6.21. The molecule has 1 unspecified atom stereocenters. The van der Waals surface area contributed by atoms with Gasteiger partial charge in [-0.3, -0.25) is 19.4 Å². The number of aromatic amines is 1. The highest BCUT2D eigenvalue weighted by atomic mass is 32.2. The number of aryl methyl sites for hydroxylation is 1. The molecule has 21 heavy (non-hydrogen) atoms. The Kier molecular flexibility index (Phi) is 4.49. The van der Waals surface area contributed by atoms with Crippen molar-refractivity contribution in [2.75, 3.05) is 7.11 Å². The van der Waals surface area contributed by atoms with E-state index in [0.29, 0.717) is 10.9 Å². The lowest BCUT2D eigenvalue weighted by Crippen LogP contribution is -2.33. The molecule has 0 bridgehead atoms. The van der Waals surface area contributed by atoms with Crippen LogP contribution in [0, 0.1) is 0 Å². The zero-order chi connectivity index (χ0) is 15.6. The molecular formula is C13H16N4O3S. The maximum Gasteiger partial charge on any atom is 0.339 e. The summed E-state index contributed by atoms with van der Waals surface area (Å²) >= 11 is 1.24. The van der Waals surface area contributed by atoms with Gasteiger partial charge in [0.15, 0.2) is 5.16 Å². The fraction of sp³-hybridized carbons (Fsp3) is 0.308. The van der Waals surface area contributed by atoms with Crippen LogP contribution >= 0.6 is 11.8 Å². The number of methoxy groups -OCH3 is 1. The Balaban J connectivity index is 2.52. The normalized spacial score (nSPS) is 12.2. The van der Waals surface area contributed by atoms with E-state index in [1.165, 1.54) is 16.4 Å². The van der Waals surface area contributed by atoms with Crippen LogP contribution in [-0.2, 0) is 7.05 Å². The van der Waals surface area contributed by atoms with Crippen molar-refractivity contribution in [3.8, 4) is 5.75 Å². The molecule has 0 aliphatic heterocycles. The van der Waals surface area contributed by atoms with Crippen molar-refractivity contribution in [1.82, 2.24) is 14.8 Å². The lowest BCUT2D eigenvalue weighted by Gasteiger charge is -2.16. The van der Waals surface area contributed by atoms with Crippen LogP contribution in [0.1, 0.15) is 18.5 Å². The molecule has 0 amide bonds. The SMILES string of the molecule is COc1cccc(Sc2nc(=O)c(=O)[nH]n2C)c1C(C)N. The number of hydrogen-bond donors (Lipinski definition) is 2. The van der Waals surface area contributed by atoms with E-state index in [1.807, 2.05) is 25.1 Å². The lowest BCUT2D eigenvalue weighted by atomic mass is 10.1. The molecule has 1 atom stereocenters. The highest BCUT2D eigenvalue weighted by Gasteiger charge is 2.16. The van der Waals surface area contributed by atoms with E-state index in [9.17, 15) is 9.59 Å². The zero-order valence-electron chi connectivity index (χ0n) is 11.9. The Labute approximate surface area is 125 Å². The topological polar surface area (TPSA) is 103 Å². The zero-order valence-corrected chi connectivity index (χ0v) is 12.7. The first-order valence-corrected chi connectivity index (χ1v) is 7.03. The van der Waals surface area contributed by atoms with E-state index >= 15 is 0 Å². The molecule has 2 rings (SSSR count). The largest absolute Gasteiger partial charge is 0.496 e. The predicted octanol–water partition coefficient (Wildman–Crippen LogP) is 0.648. The van der Waals surface area contributed by atoms with Gasteiger partial charge in [-0.1, -0.05) is 6.07 Å². The second-order valence-electron chi connectivity index (χ2n) is 4.46. The molecular weight excluding hydrogens is 292 g/mol. The number of benzene rings is 1. The number of aromatic nitrogens is 3. The first kappa shape index (κ1) is 15.3. The lowest BCUT2D eigenvalue weighted by molar-refractivity contribution is 0.405. The highest BCUT2D eigenvalue weighted by molar-refractivity contribution is 7.99. The van der Waals surface area contributed by atoms with Crippen molar-refractivity contribution in [3.63, 3.8) is 0 Å². The Bertz CT molecular complexity index is 767. The monoisotopic (exact) mass is 308 g/mol. The number of rotatable bonds is 4. The van der Waals surface area contributed by atoms with Crippen LogP contribution in [0.5, 0.6) is 5.75 Å². The van der Waals surface area contributed by atoms with Crippen molar-refractivity contribution in [3.05, 3.63) is 44.5 Å². The molecule has 112 valence electrons. The molecule has 0 saturated heterocycles. The molecule has 0 spiro atoms. The molecule has 1 heterocycles. The third-order valence-electron chi connectivity index (χ3n) is 2.85. The summed E-state index contributed by atoms with van der Waals surface area (Å²) in [5.41, 5.74) is 5.25. The third kappa shape index (κ3) is 3.17. The van der Waals surface area contributed by atoms with E-state index in [0.717, 1.165) is 10.5 Å². The average Bonchev–Trinajstić information content (AvgIpc) is 2.44. The molecule has 0 aliphatic carbocycles. The highest BCUT2D eigenvalue weighted by Crippen LogP contribution is 2.36. The summed E-state index contributed by atoms with van der Waals surface area (Å²) < 4.78 is 6.72. The molecule has 1 aromatic carbocycles. The minimum atomic E-state index is -0.819. The summed E-state index contributed by atoms with van der Waals surface area (Å²) in [4.78, 5) is 27.2. The fourth-order valence-corrected chi connectivity index (χ4v) is 2.94. The Morgan fingerprint density at radius 1 is 1.43 bits per heavy atom. The van der Waals surface area contributed by atoms with Gasteiger partial charge in [0.1, 0.15) is 5.75 Å². The molecule has 0 radical (unpaired) electrons. The van der Waals surface area contributed by atoms with Gasteiger partial charge in [-0.2, -0.15) is 4.98 Å². The molecule has 0 aliphatic rings. The molecule has 8 heteroatoms. The first-order chi connectivity index (χ1) is 9.93. The van der Waals surface area contributed by atoms with Gasteiger partial charge in [-0.15, -0.1) is 0 Å². The van der Waals surface area contributed by atoms with Gasteiger partial charge in [0.25, 0.3) is 0 Å². The molecule has 0 fully saturated rings. The van der Waals surface area contributed by atoms with E-state index in [2.05, 4.69) is 10.1 Å². The predicted molar refractivity (Wildman–Crippen MR) is 79.8 cm³/mol. The van der Waals surface area contributed by atoms with Crippen LogP contribution in [-0.4, -0.2) is 21.9 Å². The smallest absolute Gasteiger partial charge is 0.339 e. The Morgan fingerprint density at radius 3 is 2.76 bits per heavy atom. The van der Waals surface area contributed by atoms with Crippen molar-refractivity contribution >= 4 is 11.8 Å². The number of hydrogen-bond acceptors (Lipinski definition) is 6.